The van der Waals surface area contributed by atoms with Gasteiger partial charge in [-0.3, -0.25) is 0 Å². The third kappa shape index (κ3) is 4.64. The van der Waals surface area contributed by atoms with Crippen LogP contribution in [0.2, 0.25) is 0 Å². The second-order valence-electron chi connectivity index (χ2n) is 7.03. The summed E-state index contributed by atoms with van der Waals surface area (Å²) in [7, 11) is 0. The van der Waals surface area contributed by atoms with Gasteiger partial charge in [-0.15, -0.1) is 0 Å². The zero-order valence-corrected chi connectivity index (χ0v) is 16.7. The third-order valence-corrected chi connectivity index (χ3v) is 6.06. The topological polar surface area (TPSA) is 48.5 Å². The lowest BCUT2D eigenvalue weighted by molar-refractivity contribution is 0.194. The third-order valence-electron chi connectivity index (χ3n) is 5.00. The fourth-order valence-corrected chi connectivity index (χ4v) is 4.48. The van der Waals surface area contributed by atoms with Crippen LogP contribution >= 0.6 is 11.3 Å². The van der Waals surface area contributed by atoms with Gasteiger partial charge in [0.1, 0.15) is 11.3 Å². The smallest absolute Gasteiger partial charge is 0.317 e. The van der Waals surface area contributed by atoms with Crippen molar-refractivity contribution in [1.29, 1.82) is 0 Å². The molecule has 4 rings (SSSR count). The lowest BCUT2D eigenvalue weighted by Gasteiger charge is -2.34. The van der Waals surface area contributed by atoms with Crippen LogP contribution in [0.25, 0.3) is 10.2 Å². The van der Waals surface area contributed by atoms with Gasteiger partial charge in [0.15, 0.2) is 10.9 Å². The number of rotatable bonds is 5. The number of carbonyl (C=O) groups excluding carboxylic acids is 1. The molecule has 0 bridgehead atoms. The summed E-state index contributed by atoms with van der Waals surface area (Å²) in [4.78, 5) is 20.5. The minimum Gasteiger partial charge on any atom is -0.345 e. The van der Waals surface area contributed by atoms with E-state index in [0.717, 1.165) is 18.9 Å². The van der Waals surface area contributed by atoms with E-state index in [9.17, 15) is 13.6 Å². The van der Waals surface area contributed by atoms with E-state index in [1.807, 2.05) is 23.1 Å². The summed E-state index contributed by atoms with van der Waals surface area (Å²) in [6, 6.07) is 12.3. The van der Waals surface area contributed by atoms with Gasteiger partial charge in [0, 0.05) is 38.8 Å². The predicted molar refractivity (Wildman–Crippen MR) is 111 cm³/mol. The summed E-state index contributed by atoms with van der Waals surface area (Å²) in [5, 5.41) is 3.64. The molecule has 1 aliphatic heterocycles. The summed E-state index contributed by atoms with van der Waals surface area (Å²) in [5.74, 6) is -1.24. The van der Waals surface area contributed by atoms with Crippen LogP contribution < -0.4 is 10.2 Å². The highest BCUT2D eigenvalue weighted by molar-refractivity contribution is 7.22. The van der Waals surface area contributed by atoms with Crippen LogP contribution in [0, 0.1) is 11.6 Å². The Morgan fingerprint density at radius 1 is 1.10 bits per heavy atom. The Hall–Kier alpha value is -2.74. The van der Waals surface area contributed by atoms with Crippen molar-refractivity contribution in [3.8, 4) is 0 Å². The van der Waals surface area contributed by atoms with E-state index in [-0.39, 0.29) is 11.5 Å². The predicted octanol–water partition coefficient (Wildman–Crippen LogP) is 4.04. The molecule has 1 N–H and O–H groups in total. The largest absolute Gasteiger partial charge is 0.345 e. The maximum absolute atomic E-state index is 13.9. The van der Waals surface area contributed by atoms with Crippen molar-refractivity contribution in [3.05, 3.63) is 59.7 Å². The lowest BCUT2D eigenvalue weighted by Crippen LogP contribution is -2.52. The van der Waals surface area contributed by atoms with Crippen LogP contribution in [0.4, 0.5) is 18.7 Å². The zero-order chi connectivity index (χ0) is 20.2. The van der Waals surface area contributed by atoms with Crippen LogP contribution in [0.1, 0.15) is 12.0 Å². The van der Waals surface area contributed by atoms with Crippen molar-refractivity contribution in [2.45, 2.75) is 12.8 Å². The monoisotopic (exact) mass is 416 g/mol. The molecule has 0 radical (unpaired) electrons. The number of hydrogen-bond donors (Lipinski definition) is 1. The van der Waals surface area contributed by atoms with Crippen LogP contribution in [0.5, 0.6) is 0 Å². The SMILES string of the molecule is O=C(NCCCc1ccccc1)N1CCN(c2nc3c(F)cc(F)cc3s2)CC1. The Balaban J connectivity index is 1.26. The maximum Gasteiger partial charge on any atom is 0.317 e. The standard InChI is InChI=1S/C21H22F2N4OS/c22-16-13-17(23)19-18(14-16)29-21(25-19)27-11-9-26(10-12-27)20(28)24-8-4-7-15-5-2-1-3-6-15/h1-3,5-6,13-14H,4,7-12H2,(H,24,28). The maximum atomic E-state index is 13.9. The number of halogens is 2. The van der Waals surface area contributed by atoms with Crippen LogP contribution in [0.15, 0.2) is 42.5 Å². The van der Waals surface area contributed by atoms with E-state index in [0.29, 0.717) is 42.6 Å². The van der Waals surface area contributed by atoms with Crippen LogP contribution in [-0.2, 0) is 6.42 Å². The molecule has 2 amide bonds. The Morgan fingerprint density at radius 2 is 1.86 bits per heavy atom. The first-order valence-corrected chi connectivity index (χ1v) is 10.5. The molecule has 29 heavy (non-hydrogen) atoms. The quantitative estimate of drug-likeness (QED) is 0.639. The number of thiazole rings is 1. The number of carbonyl (C=O) groups is 1. The van der Waals surface area contributed by atoms with Gasteiger partial charge in [0.2, 0.25) is 0 Å². The minimum atomic E-state index is -0.643. The molecule has 1 aliphatic rings. The molecule has 1 aromatic heterocycles. The molecule has 2 aromatic carbocycles. The van der Waals surface area contributed by atoms with Gasteiger partial charge in [-0.25, -0.2) is 18.6 Å². The fourth-order valence-electron chi connectivity index (χ4n) is 3.43. The number of aromatic nitrogens is 1. The van der Waals surface area contributed by atoms with Gasteiger partial charge < -0.3 is 15.1 Å². The van der Waals surface area contributed by atoms with E-state index < -0.39 is 11.6 Å². The molecule has 1 saturated heterocycles. The van der Waals surface area contributed by atoms with Crippen LogP contribution in [0.3, 0.4) is 0 Å². The number of anilines is 1. The van der Waals surface area contributed by atoms with E-state index in [4.69, 9.17) is 0 Å². The molecular formula is C21H22F2N4OS. The molecule has 3 aromatic rings. The molecule has 1 fully saturated rings. The van der Waals surface area contributed by atoms with E-state index >= 15 is 0 Å². The lowest BCUT2D eigenvalue weighted by atomic mass is 10.1. The molecule has 0 spiro atoms. The number of hydrogen-bond acceptors (Lipinski definition) is 4. The highest BCUT2D eigenvalue weighted by atomic mass is 32.1. The van der Waals surface area contributed by atoms with Gasteiger partial charge in [-0.1, -0.05) is 41.7 Å². The van der Waals surface area contributed by atoms with Gasteiger partial charge >= 0.3 is 6.03 Å². The first kappa shape index (κ1) is 19.6. The highest BCUT2D eigenvalue weighted by Gasteiger charge is 2.23. The number of nitrogens with zero attached hydrogens (tertiary/aromatic N) is 3. The Bertz CT molecular complexity index is 987. The summed E-state index contributed by atoms with van der Waals surface area (Å²) >= 11 is 1.27. The first-order chi connectivity index (χ1) is 14.1. The number of aryl methyl sites for hydroxylation is 1. The van der Waals surface area contributed by atoms with Crippen molar-refractivity contribution in [1.82, 2.24) is 15.2 Å². The Kier molecular flexibility index (Phi) is 5.89. The summed E-state index contributed by atoms with van der Waals surface area (Å²) in [5.41, 5.74) is 1.47. The number of amides is 2. The molecule has 152 valence electrons. The average molecular weight is 416 g/mol. The second-order valence-corrected chi connectivity index (χ2v) is 8.04. The van der Waals surface area contributed by atoms with Gasteiger partial charge in [0.05, 0.1) is 4.70 Å². The highest BCUT2D eigenvalue weighted by Crippen LogP contribution is 2.31. The Labute approximate surface area is 172 Å². The zero-order valence-electron chi connectivity index (χ0n) is 15.9. The molecule has 0 aliphatic carbocycles. The summed E-state index contributed by atoms with van der Waals surface area (Å²) < 4.78 is 27.8. The normalized spacial score (nSPS) is 14.4. The van der Waals surface area contributed by atoms with E-state index in [2.05, 4.69) is 22.4 Å². The minimum absolute atomic E-state index is 0.0601. The second kappa shape index (κ2) is 8.73. The number of nitrogens with one attached hydrogen (secondary N) is 1. The molecule has 0 atom stereocenters. The van der Waals surface area contributed by atoms with Crippen molar-refractivity contribution >= 4 is 32.7 Å². The van der Waals surface area contributed by atoms with Gasteiger partial charge in [0.25, 0.3) is 0 Å². The first-order valence-electron chi connectivity index (χ1n) is 9.67. The molecule has 0 saturated carbocycles. The van der Waals surface area contributed by atoms with Crippen molar-refractivity contribution in [2.24, 2.45) is 0 Å². The number of urea groups is 1. The van der Waals surface area contributed by atoms with Gasteiger partial charge in [-0.2, -0.15) is 0 Å². The molecule has 5 nitrogen and oxygen atoms in total. The number of piperazine rings is 1. The van der Waals surface area contributed by atoms with Crippen molar-refractivity contribution in [3.63, 3.8) is 0 Å². The average Bonchev–Trinajstić information content (AvgIpc) is 3.16. The molecule has 2 heterocycles. The summed E-state index contributed by atoms with van der Waals surface area (Å²) in [6.45, 7) is 2.99. The number of fused-ring (bicyclic) bond motifs is 1. The Morgan fingerprint density at radius 3 is 2.62 bits per heavy atom. The molecule has 0 unspecified atom stereocenters. The van der Waals surface area contributed by atoms with Crippen molar-refractivity contribution < 1.29 is 13.6 Å². The van der Waals surface area contributed by atoms with Crippen LogP contribution in [-0.4, -0.2) is 48.6 Å². The summed E-state index contributed by atoms with van der Waals surface area (Å²) in [6.07, 6.45) is 1.83. The van der Waals surface area contributed by atoms with E-state index in [1.54, 1.807) is 4.90 Å². The number of benzene rings is 2. The van der Waals surface area contributed by atoms with Crippen molar-refractivity contribution in [2.75, 3.05) is 37.6 Å². The fraction of sp³-hybridized carbons (Fsp3) is 0.333. The van der Waals surface area contributed by atoms with Gasteiger partial charge in [-0.05, 0) is 24.5 Å². The molecular weight excluding hydrogens is 394 g/mol. The molecule has 8 heteroatoms. The van der Waals surface area contributed by atoms with E-state index in [1.165, 1.54) is 23.0 Å².